The van der Waals surface area contributed by atoms with E-state index in [2.05, 4.69) is 5.16 Å². The smallest absolute Gasteiger partial charge is 0.334 e. The van der Waals surface area contributed by atoms with E-state index in [0.29, 0.717) is 24.5 Å². The minimum Gasteiger partial charge on any atom is -0.396 e. The highest BCUT2D eigenvalue weighted by Gasteiger charge is 2.12. The van der Waals surface area contributed by atoms with Crippen LogP contribution in [0.3, 0.4) is 0 Å². The van der Waals surface area contributed by atoms with E-state index in [0.717, 1.165) is 5.69 Å². The topological polar surface area (TPSA) is 73.2 Å². The Kier molecular flexibility index (Phi) is 3.14. The fraction of sp³-hybridized carbons (Fsp3) is 0.455. The van der Waals surface area contributed by atoms with Gasteiger partial charge in [0.1, 0.15) is 5.76 Å². The van der Waals surface area contributed by atoms with E-state index in [-0.39, 0.29) is 12.3 Å². The third-order valence-corrected chi connectivity index (χ3v) is 2.53. The maximum absolute atomic E-state index is 12.1. The van der Waals surface area contributed by atoms with Crippen molar-refractivity contribution in [2.45, 2.75) is 26.8 Å². The van der Waals surface area contributed by atoms with Gasteiger partial charge in [0, 0.05) is 31.1 Å². The third kappa shape index (κ3) is 2.16. The van der Waals surface area contributed by atoms with Gasteiger partial charge < -0.3 is 9.63 Å². The Bertz CT molecular complexity index is 565. The molecule has 0 aromatic carbocycles. The standard InChI is InChI=1S/C11H15N3O3/c1-8-7-13(4-3-5-15)11(16)14(8)10-6-9(2)17-12-10/h6-7,15H,3-5H2,1-2H3. The van der Waals surface area contributed by atoms with Crippen LogP contribution in [0.4, 0.5) is 0 Å². The van der Waals surface area contributed by atoms with Crippen molar-refractivity contribution in [2.75, 3.05) is 6.61 Å². The molecule has 0 atom stereocenters. The lowest BCUT2D eigenvalue weighted by Crippen LogP contribution is -2.24. The second-order valence-corrected chi connectivity index (χ2v) is 3.95. The van der Waals surface area contributed by atoms with Crippen LogP contribution < -0.4 is 5.69 Å². The van der Waals surface area contributed by atoms with Gasteiger partial charge in [-0.3, -0.25) is 4.57 Å². The van der Waals surface area contributed by atoms with Crippen molar-refractivity contribution in [2.24, 2.45) is 0 Å². The average Bonchev–Trinajstić information content (AvgIpc) is 2.81. The molecule has 17 heavy (non-hydrogen) atoms. The summed E-state index contributed by atoms with van der Waals surface area (Å²) in [6, 6.07) is 1.71. The Balaban J connectivity index is 2.41. The van der Waals surface area contributed by atoms with Gasteiger partial charge in [-0.25, -0.2) is 9.36 Å². The fourth-order valence-corrected chi connectivity index (χ4v) is 1.76. The maximum Gasteiger partial charge on any atom is 0.334 e. The predicted octanol–water partition coefficient (Wildman–Crippen LogP) is 0.626. The maximum atomic E-state index is 12.1. The van der Waals surface area contributed by atoms with Crippen LogP contribution in [-0.2, 0) is 6.54 Å². The van der Waals surface area contributed by atoms with E-state index in [1.165, 1.54) is 4.57 Å². The van der Waals surface area contributed by atoms with Crippen molar-refractivity contribution in [3.05, 3.63) is 34.2 Å². The Hall–Kier alpha value is -1.82. The van der Waals surface area contributed by atoms with Crippen LogP contribution >= 0.6 is 0 Å². The van der Waals surface area contributed by atoms with Crippen molar-refractivity contribution in [3.63, 3.8) is 0 Å². The molecule has 0 unspecified atom stereocenters. The van der Waals surface area contributed by atoms with E-state index in [9.17, 15) is 4.79 Å². The normalized spacial score (nSPS) is 11.0. The van der Waals surface area contributed by atoms with Crippen LogP contribution in [0.5, 0.6) is 0 Å². The molecular weight excluding hydrogens is 222 g/mol. The summed E-state index contributed by atoms with van der Waals surface area (Å²) in [5.74, 6) is 1.15. The largest absolute Gasteiger partial charge is 0.396 e. The Labute approximate surface area is 98.1 Å². The SMILES string of the molecule is Cc1cc(-n2c(C)cn(CCCO)c2=O)no1. The second kappa shape index (κ2) is 4.58. The van der Waals surface area contributed by atoms with Gasteiger partial charge in [-0.15, -0.1) is 0 Å². The zero-order valence-corrected chi connectivity index (χ0v) is 9.88. The van der Waals surface area contributed by atoms with Crippen molar-refractivity contribution in [1.82, 2.24) is 14.3 Å². The molecule has 0 saturated carbocycles. The first-order valence-electron chi connectivity index (χ1n) is 5.47. The molecule has 0 saturated heterocycles. The highest BCUT2D eigenvalue weighted by Crippen LogP contribution is 2.09. The number of aryl methyl sites for hydroxylation is 3. The molecule has 0 aliphatic rings. The highest BCUT2D eigenvalue weighted by atomic mass is 16.5. The lowest BCUT2D eigenvalue weighted by atomic mass is 10.4. The zero-order valence-electron chi connectivity index (χ0n) is 9.88. The Morgan fingerprint density at radius 1 is 1.47 bits per heavy atom. The number of imidazole rings is 1. The molecule has 0 fully saturated rings. The molecule has 0 spiro atoms. The zero-order chi connectivity index (χ0) is 12.4. The van der Waals surface area contributed by atoms with E-state index < -0.39 is 0 Å². The van der Waals surface area contributed by atoms with Crippen molar-refractivity contribution in [1.29, 1.82) is 0 Å². The number of hydrogen-bond donors (Lipinski definition) is 1. The minimum atomic E-state index is -0.163. The van der Waals surface area contributed by atoms with Gasteiger partial charge in [-0.2, -0.15) is 0 Å². The molecule has 2 aromatic heterocycles. The summed E-state index contributed by atoms with van der Waals surface area (Å²) >= 11 is 0. The second-order valence-electron chi connectivity index (χ2n) is 3.95. The predicted molar refractivity (Wildman–Crippen MR) is 61.3 cm³/mol. The molecular formula is C11H15N3O3. The van der Waals surface area contributed by atoms with Crippen molar-refractivity contribution >= 4 is 0 Å². The third-order valence-electron chi connectivity index (χ3n) is 2.53. The van der Waals surface area contributed by atoms with Crippen LogP contribution in [-0.4, -0.2) is 26.0 Å². The summed E-state index contributed by atoms with van der Waals surface area (Å²) in [5.41, 5.74) is 0.630. The molecule has 2 aromatic rings. The first-order chi connectivity index (χ1) is 8.13. The van der Waals surface area contributed by atoms with Gasteiger partial charge in [-0.05, 0) is 20.3 Å². The Morgan fingerprint density at radius 2 is 2.24 bits per heavy atom. The number of hydrogen-bond acceptors (Lipinski definition) is 4. The summed E-state index contributed by atoms with van der Waals surface area (Å²) < 4.78 is 8.02. The monoisotopic (exact) mass is 237 g/mol. The molecule has 6 heteroatoms. The summed E-state index contributed by atoms with van der Waals surface area (Å²) in [5, 5.41) is 12.6. The van der Waals surface area contributed by atoms with E-state index in [1.54, 1.807) is 23.8 Å². The van der Waals surface area contributed by atoms with Gasteiger partial charge in [0.25, 0.3) is 0 Å². The molecule has 0 aliphatic heterocycles. The minimum absolute atomic E-state index is 0.0692. The van der Waals surface area contributed by atoms with Crippen LogP contribution in [0, 0.1) is 13.8 Å². The average molecular weight is 237 g/mol. The van der Waals surface area contributed by atoms with Crippen LogP contribution in [0.1, 0.15) is 17.9 Å². The molecule has 0 radical (unpaired) electrons. The van der Waals surface area contributed by atoms with Crippen LogP contribution in [0.15, 0.2) is 21.6 Å². The number of aliphatic hydroxyl groups is 1. The summed E-state index contributed by atoms with van der Waals surface area (Å²) in [6.45, 7) is 4.18. The van der Waals surface area contributed by atoms with Gasteiger partial charge in [0.05, 0.1) is 0 Å². The lowest BCUT2D eigenvalue weighted by Gasteiger charge is -1.98. The molecule has 0 amide bonds. The van der Waals surface area contributed by atoms with E-state index in [1.807, 2.05) is 6.92 Å². The molecule has 2 rings (SSSR count). The van der Waals surface area contributed by atoms with Crippen LogP contribution in [0.2, 0.25) is 0 Å². The van der Waals surface area contributed by atoms with Gasteiger partial charge in [0.15, 0.2) is 5.82 Å². The highest BCUT2D eigenvalue weighted by molar-refractivity contribution is 5.24. The molecule has 0 bridgehead atoms. The molecule has 92 valence electrons. The van der Waals surface area contributed by atoms with Crippen molar-refractivity contribution < 1.29 is 9.63 Å². The first-order valence-corrected chi connectivity index (χ1v) is 5.47. The number of nitrogens with zero attached hydrogens (tertiary/aromatic N) is 3. The number of aromatic nitrogens is 3. The van der Waals surface area contributed by atoms with Gasteiger partial charge in [0.2, 0.25) is 0 Å². The van der Waals surface area contributed by atoms with E-state index in [4.69, 9.17) is 9.63 Å². The number of aliphatic hydroxyl groups excluding tert-OH is 1. The summed E-state index contributed by atoms with van der Waals surface area (Å²) in [7, 11) is 0. The number of rotatable bonds is 4. The Morgan fingerprint density at radius 3 is 2.82 bits per heavy atom. The fourth-order valence-electron chi connectivity index (χ4n) is 1.76. The molecule has 1 N–H and O–H groups in total. The molecule has 0 aliphatic carbocycles. The quantitative estimate of drug-likeness (QED) is 0.846. The molecule has 2 heterocycles. The van der Waals surface area contributed by atoms with Crippen molar-refractivity contribution in [3.8, 4) is 5.82 Å². The lowest BCUT2D eigenvalue weighted by molar-refractivity contribution is 0.279. The van der Waals surface area contributed by atoms with E-state index >= 15 is 0 Å². The first kappa shape index (κ1) is 11.7. The van der Waals surface area contributed by atoms with Gasteiger partial charge >= 0.3 is 5.69 Å². The molecule has 6 nitrogen and oxygen atoms in total. The summed E-state index contributed by atoms with van der Waals surface area (Å²) in [6.07, 6.45) is 2.31. The van der Waals surface area contributed by atoms with Gasteiger partial charge in [-0.1, -0.05) is 5.16 Å². The summed E-state index contributed by atoms with van der Waals surface area (Å²) in [4.78, 5) is 12.1. The van der Waals surface area contributed by atoms with Crippen LogP contribution in [0.25, 0.3) is 5.82 Å².